The SMILES string of the molecule is COCn1nc2cc(N3CCOc4cc(C(=O)N5CCC[C@@H](C)C5)cnc43)ccn2c1=O. The maximum atomic E-state index is 13.0. The smallest absolute Gasteiger partial charge is 0.352 e. The Morgan fingerprint density at radius 3 is 3.00 bits per heavy atom. The van der Waals surface area contributed by atoms with Crippen LogP contribution in [0.15, 0.2) is 35.4 Å². The molecule has 1 fully saturated rings. The van der Waals surface area contributed by atoms with Crippen molar-refractivity contribution < 1.29 is 14.3 Å². The van der Waals surface area contributed by atoms with Gasteiger partial charge in [0.1, 0.15) is 13.3 Å². The van der Waals surface area contributed by atoms with Crippen molar-refractivity contribution in [1.82, 2.24) is 24.1 Å². The van der Waals surface area contributed by atoms with Crippen molar-refractivity contribution in [2.45, 2.75) is 26.5 Å². The summed E-state index contributed by atoms with van der Waals surface area (Å²) in [4.78, 5) is 33.8. The van der Waals surface area contributed by atoms with E-state index in [0.717, 1.165) is 31.6 Å². The Bertz CT molecular complexity index is 1220. The molecular formula is C22H26N6O4. The van der Waals surface area contributed by atoms with Crippen LogP contribution in [0, 0.1) is 5.92 Å². The van der Waals surface area contributed by atoms with Gasteiger partial charge in [0.2, 0.25) is 0 Å². The summed E-state index contributed by atoms with van der Waals surface area (Å²) in [6.07, 6.45) is 5.50. The first-order valence-corrected chi connectivity index (χ1v) is 10.8. The topological polar surface area (TPSA) is 94.2 Å². The molecule has 0 spiro atoms. The second kappa shape index (κ2) is 8.27. The molecule has 3 aromatic rings. The Kier molecular flexibility index (Phi) is 5.30. The van der Waals surface area contributed by atoms with E-state index in [9.17, 15) is 9.59 Å². The first kappa shape index (κ1) is 20.5. The molecule has 0 aliphatic carbocycles. The number of carbonyl (C=O) groups excluding carboxylic acids is 1. The summed E-state index contributed by atoms with van der Waals surface area (Å²) in [5.74, 6) is 1.73. The summed E-state index contributed by atoms with van der Waals surface area (Å²) < 4.78 is 13.6. The molecule has 1 atom stereocenters. The van der Waals surface area contributed by atoms with Gasteiger partial charge in [0.15, 0.2) is 17.2 Å². The summed E-state index contributed by atoms with van der Waals surface area (Å²) in [5.41, 5.74) is 1.64. The van der Waals surface area contributed by atoms with Crippen molar-refractivity contribution in [1.29, 1.82) is 0 Å². The minimum atomic E-state index is -0.260. The molecule has 168 valence electrons. The molecule has 0 saturated carbocycles. The number of likely N-dealkylation sites (tertiary alicyclic amines) is 1. The predicted octanol–water partition coefficient (Wildman–Crippen LogP) is 1.90. The average molecular weight is 438 g/mol. The lowest BCUT2D eigenvalue weighted by Gasteiger charge is -2.32. The predicted molar refractivity (Wildman–Crippen MR) is 118 cm³/mol. The maximum absolute atomic E-state index is 13.0. The number of amides is 1. The Morgan fingerprint density at radius 1 is 1.31 bits per heavy atom. The van der Waals surface area contributed by atoms with Crippen LogP contribution in [0.3, 0.4) is 0 Å². The van der Waals surface area contributed by atoms with E-state index in [-0.39, 0.29) is 18.3 Å². The first-order valence-electron chi connectivity index (χ1n) is 10.8. The number of aromatic nitrogens is 4. The Balaban J connectivity index is 1.45. The van der Waals surface area contributed by atoms with Crippen molar-refractivity contribution in [3.63, 3.8) is 0 Å². The van der Waals surface area contributed by atoms with E-state index in [1.165, 1.54) is 16.2 Å². The molecule has 2 aliphatic heterocycles. The average Bonchev–Trinajstić information content (AvgIpc) is 3.12. The zero-order valence-electron chi connectivity index (χ0n) is 18.2. The normalized spacial score (nSPS) is 18.5. The molecule has 2 aliphatic rings. The van der Waals surface area contributed by atoms with Gasteiger partial charge in [-0.2, -0.15) is 4.68 Å². The van der Waals surface area contributed by atoms with E-state index in [1.807, 2.05) is 21.9 Å². The number of piperidine rings is 1. The third kappa shape index (κ3) is 3.60. The zero-order valence-corrected chi connectivity index (χ0v) is 18.2. The van der Waals surface area contributed by atoms with Crippen LogP contribution in [0.5, 0.6) is 5.75 Å². The highest BCUT2D eigenvalue weighted by Crippen LogP contribution is 2.35. The summed E-state index contributed by atoms with van der Waals surface area (Å²) in [5, 5.41) is 4.32. The van der Waals surface area contributed by atoms with Crippen LogP contribution >= 0.6 is 0 Å². The third-order valence-electron chi connectivity index (χ3n) is 5.98. The summed E-state index contributed by atoms with van der Waals surface area (Å²) in [6.45, 7) is 4.87. The zero-order chi connectivity index (χ0) is 22.2. The highest BCUT2D eigenvalue weighted by atomic mass is 16.5. The second-order valence-corrected chi connectivity index (χ2v) is 8.36. The molecule has 0 bridgehead atoms. The molecule has 10 nitrogen and oxygen atoms in total. The number of anilines is 2. The fourth-order valence-electron chi connectivity index (χ4n) is 4.40. The molecule has 1 saturated heterocycles. The van der Waals surface area contributed by atoms with E-state index in [4.69, 9.17) is 9.47 Å². The van der Waals surface area contributed by atoms with Crippen LogP contribution in [0.2, 0.25) is 0 Å². The quantitative estimate of drug-likeness (QED) is 0.614. The maximum Gasteiger partial charge on any atom is 0.352 e. The third-order valence-corrected chi connectivity index (χ3v) is 5.98. The van der Waals surface area contributed by atoms with Crippen molar-refractivity contribution in [2.24, 2.45) is 5.92 Å². The van der Waals surface area contributed by atoms with Crippen molar-refractivity contribution in [3.05, 3.63) is 46.6 Å². The minimum absolute atomic E-state index is 0.00273. The lowest BCUT2D eigenvalue weighted by Crippen LogP contribution is -2.39. The van der Waals surface area contributed by atoms with Crippen LogP contribution in [0.4, 0.5) is 11.5 Å². The molecule has 1 amide bonds. The van der Waals surface area contributed by atoms with Crippen molar-refractivity contribution >= 4 is 23.1 Å². The molecule has 5 heterocycles. The van der Waals surface area contributed by atoms with Crippen LogP contribution in [0.1, 0.15) is 30.1 Å². The van der Waals surface area contributed by atoms with Crippen LogP contribution < -0.4 is 15.3 Å². The van der Waals surface area contributed by atoms with Crippen molar-refractivity contribution in [3.8, 4) is 5.75 Å². The number of rotatable bonds is 4. The van der Waals surface area contributed by atoms with E-state index in [1.54, 1.807) is 18.5 Å². The van der Waals surface area contributed by atoms with Gasteiger partial charge in [-0.1, -0.05) is 6.92 Å². The van der Waals surface area contributed by atoms with Crippen LogP contribution in [-0.4, -0.2) is 63.3 Å². The molecule has 10 heteroatoms. The van der Waals surface area contributed by atoms with Gasteiger partial charge in [0.25, 0.3) is 5.91 Å². The number of pyridine rings is 2. The number of methoxy groups -OCH3 is 1. The van der Waals surface area contributed by atoms with Gasteiger partial charge in [-0.15, -0.1) is 5.10 Å². The second-order valence-electron chi connectivity index (χ2n) is 8.36. The number of hydrogen-bond acceptors (Lipinski definition) is 7. The van der Waals surface area contributed by atoms with Crippen LogP contribution in [-0.2, 0) is 11.5 Å². The minimum Gasteiger partial charge on any atom is -0.488 e. The summed E-state index contributed by atoms with van der Waals surface area (Å²) in [7, 11) is 1.52. The Labute approximate surface area is 185 Å². The fraction of sp³-hybridized carbons (Fsp3) is 0.455. The molecule has 0 unspecified atom stereocenters. The van der Waals surface area contributed by atoms with Gasteiger partial charge in [0, 0.05) is 44.3 Å². The van der Waals surface area contributed by atoms with E-state index < -0.39 is 0 Å². The summed E-state index contributed by atoms with van der Waals surface area (Å²) in [6, 6.07) is 5.46. The highest BCUT2D eigenvalue weighted by Gasteiger charge is 2.26. The van der Waals surface area contributed by atoms with Gasteiger partial charge >= 0.3 is 5.69 Å². The lowest BCUT2D eigenvalue weighted by molar-refractivity contribution is 0.0682. The van der Waals surface area contributed by atoms with E-state index in [2.05, 4.69) is 17.0 Å². The molecule has 3 aromatic heterocycles. The molecule has 32 heavy (non-hydrogen) atoms. The molecular weight excluding hydrogens is 412 g/mol. The number of fused-ring (bicyclic) bond motifs is 2. The lowest BCUT2D eigenvalue weighted by atomic mass is 10.00. The van der Waals surface area contributed by atoms with E-state index >= 15 is 0 Å². The Hall–Kier alpha value is -3.40. The van der Waals surface area contributed by atoms with Gasteiger partial charge in [0.05, 0.1) is 12.1 Å². The number of ether oxygens (including phenoxy) is 2. The highest BCUT2D eigenvalue weighted by molar-refractivity contribution is 5.95. The van der Waals surface area contributed by atoms with Crippen LogP contribution in [0.25, 0.3) is 5.65 Å². The number of hydrogen-bond donors (Lipinski definition) is 0. The fourth-order valence-corrected chi connectivity index (χ4v) is 4.40. The molecule has 0 radical (unpaired) electrons. The first-order chi connectivity index (χ1) is 15.5. The molecule has 0 N–H and O–H groups in total. The number of nitrogens with zero attached hydrogens (tertiary/aromatic N) is 6. The molecule has 5 rings (SSSR count). The summed E-state index contributed by atoms with van der Waals surface area (Å²) >= 11 is 0. The Morgan fingerprint density at radius 2 is 2.19 bits per heavy atom. The number of carbonyl (C=O) groups is 1. The van der Waals surface area contributed by atoms with Gasteiger partial charge in [-0.25, -0.2) is 9.78 Å². The van der Waals surface area contributed by atoms with Gasteiger partial charge < -0.3 is 19.3 Å². The van der Waals surface area contributed by atoms with Gasteiger partial charge in [-0.3, -0.25) is 9.20 Å². The molecule has 0 aromatic carbocycles. The van der Waals surface area contributed by atoms with Crippen molar-refractivity contribution in [2.75, 3.05) is 38.3 Å². The van der Waals surface area contributed by atoms with Gasteiger partial charge in [-0.05, 0) is 30.9 Å². The largest absolute Gasteiger partial charge is 0.488 e. The monoisotopic (exact) mass is 438 g/mol. The van der Waals surface area contributed by atoms with E-state index in [0.29, 0.717) is 41.8 Å². The standard InChI is InChI=1S/C22H26N6O4/c1-15-4-3-6-25(13-15)21(29)16-10-18-20(23-12-16)26(8-9-32-18)17-5-7-27-19(11-17)24-28(14-31-2)22(27)30/h5,7,10-12,15H,3-4,6,8-9,13-14H2,1-2H3/t15-/m1/s1.